The molecule has 1 amide bonds. The molecule has 0 saturated carbocycles. The van der Waals surface area contributed by atoms with Gasteiger partial charge in [-0.1, -0.05) is 12.1 Å². The van der Waals surface area contributed by atoms with Crippen LogP contribution in [0.15, 0.2) is 30.6 Å². The van der Waals surface area contributed by atoms with Gasteiger partial charge in [0.05, 0.1) is 18.5 Å². The lowest BCUT2D eigenvalue weighted by Crippen LogP contribution is -2.26. The molecule has 2 unspecified atom stereocenters. The van der Waals surface area contributed by atoms with Crippen molar-refractivity contribution in [2.24, 2.45) is 11.5 Å². The number of aromatic nitrogens is 2. The zero-order valence-corrected chi connectivity index (χ0v) is 14.7. The predicted molar refractivity (Wildman–Crippen MR) is 94.6 cm³/mol. The highest BCUT2D eigenvalue weighted by molar-refractivity contribution is 5.90. The van der Waals surface area contributed by atoms with E-state index in [1.165, 1.54) is 12.4 Å². The van der Waals surface area contributed by atoms with Crippen molar-refractivity contribution >= 4 is 5.91 Å². The molecule has 0 radical (unpaired) electrons. The molecule has 0 saturated heterocycles. The first kappa shape index (κ1) is 18.8. The Morgan fingerprint density at radius 1 is 1.28 bits per heavy atom. The van der Waals surface area contributed by atoms with Gasteiger partial charge in [0.1, 0.15) is 11.4 Å². The lowest BCUT2D eigenvalue weighted by molar-refractivity contribution is 0.0908. The third kappa shape index (κ3) is 5.23. The number of nitrogens with two attached hydrogens (primary N) is 2. The molecule has 7 nitrogen and oxygen atoms in total. The topological polar surface area (TPSA) is 113 Å². The SMILES string of the molecule is COC(Cc1cccc(Oc2cnc(C(N)=O)cn2)c1C)CC(C)N. The van der Waals surface area contributed by atoms with Crippen molar-refractivity contribution in [3.05, 3.63) is 47.4 Å². The van der Waals surface area contributed by atoms with Gasteiger partial charge in [0.25, 0.3) is 5.91 Å². The Balaban J connectivity index is 2.15. The summed E-state index contributed by atoms with van der Waals surface area (Å²) in [5, 5.41) is 0. The first-order valence-electron chi connectivity index (χ1n) is 8.07. The maximum absolute atomic E-state index is 11.0. The minimum Gasteiger partial charge on any atom is -0.437 e. The van der Waals surface area contributed by atoms with Crippen LogP contribution in [0, 0.1) is 6.92 Å². The number of amides is 1. The van der Waals surface area contributed by atoms with Crippen molar-refractivity contribution in [3.8, 4) is 11.6 Å². The first-order chi connectivity index (χ1) is 11.9. The third-order valence-electron chi connectivity index (χ3n) is 3.91. The highest BCUT2D eigenvalue weighted by Crippen LogP contribution is 2.27. The standard InChI is InChI=1S/C18H24N4O3/c1-11(19)7-14(24-3)8-13-5-4-6-16(12(13)2)25-17-10-21-15(9-22-17)18(20)23/h4-6,9-11,14H,7-8,19H2,1-3H3,(H2,20,23). The summed E-state index contributed by atoms with van der Waals surface area (Å²) in [5.74, 6) is 0.343. The Morgan fingerprint density at radius 2 is 2.04 bits per heavy atom. The van der Waals surface area contributed by atoms with Crippen LogP contribution in [0.3, 0.4) is 0 Å². The molecule has 0 aliphatic carbocycles. The summed E-state index contributed by atoms with van der Waals surface area (Å²) in [5.41, 5.74) is 13.2. The van der Waals surface area contributed by atoms with Crippen LogP contribution >= 0.6 is 0 Å². The normalized spacial score (nSPS) is 13.3. The van der Waals surface area contributed by atoms with Crippen LogP contribution in [-0.2, 0) is 11.2 Å². The Hall–Kier alpha value is -2.51. The number of methoxy groups -OCH3 is 1. The molecule has 2 aromatic rings. The fraction of sp³-hybridized carbons (Fsp3) is 0.389. The number of carbonyl (C=O) groups excluding carboxylic acids is 1. The Morgan fingerprint density at radius 3 is 2.60 bits per heavy atom. The zero-order chi connectivity index (χ0) is 18.4. The number of carbonyl (C=O) groups is 1. The van der Waals surface area contributed by atoms with Crippen molar-refractivity contribution < 1.29 is 14.3 Å². The van der Waals surface area contributed by atoms with Crippen molar-refractivity contribution in [2.45, 2.75) is 38.8 Å². The van der Waals surface area contributed by atoms with E-state index >= 15 is 0 Å². The number of hydrogen-bond acceptors (Lipinski definition) is 6. The van der Waals surface area contributed by atoms with Gasteiger partial charge in [-0.2, -0.15) is 0 Å². The van der Waals surface area contributed by atoms with Crippen LogP contribution in [0.4, 0.5) is 0 Å². The molecule has 2 rings (SSSR count). The molecule has 25 heavy (non-hydrogen) atoms. The van der Waals surface area contributed by atoms with Gasteiger partial charge < -0.3 is 20.9 Å². The second-order valence-electron chi connectivity index (χ2n) is 6.02. The molecule has 1 heterocycles. The molecular formula is C18H24N4O3. The fourth-order valence-electron chi connectivity index (χ4n) is 2.52. The zero-order valence-electron chi connectivity index (χ0n) is 14.7. The van der Waals surface area contributed by atoms with E-state index in [4.69, 9.17) is 20.9 Å². The number of nitrogens with zero attached hydrogens (tertiary/aromatic N) is 2. The fourth-order valence-corrected chi connectivity index (χ4v) is 2.52. The lowest BCUT2D eigenvalue weighted by atomic mass is 9.98. The molecule has 1 aromatic heterocycles. The van der Waals surface area contributed by atoms with Crippen LogP contribution < -0.4 is 16.2 Å². The summed E-state index contributed by atoms with van der Waals surface area (Å²) in [6.45, 7) is 3.95. The Labute approximate surface area is 147 Å². The maximum Gasteiger partial charge on any atom is 0.268 e. The van der Waals surface area contributed by atoms with Crippen molar-refractivity contribution in [1.82, 2.24) is 9.97 Å². The van der Waals surface area contributed by atoms with Crippen LogP contribution in [0.1, 0.15) is 35.0 Å². The second kappa shape index (κ2) is 8.55. The quantitative estimate of drug-likeness (QED) is 0.757. The van der Waals surface area contributed by atoms with E-state index in [1.807, 2.05) is 32.0 Å². The van der Waals surface area contributed by atoms with Gasteiger partial charge in [-0.15, -0.1) is 0 Å². The van der Waals surface area contributed by atoms with Gasteiger partial charge in [0.15, 0.2) is 0 Å². The van der Waals surface area contributed by atoms with E-state index in [1.54, 1.807) is 7.11 Å². The molecule has 0 aliphatic heterocycles. The number of hydrogen-bond donors (Lipinski definition) is 2. The van der Waals surface area contributed by atoms with Gasteiger partial charge in [0.2, 0.25) is 5.88 Å². The van der Waals surface area contributed by atoms with E-state index in [0.717, 1.165) is 24.0 Å². The molecule has 7 heteroatoms. The number of benzene rings is 1. The number of primary amides is 1. The maximum atomic E-state index is 11.0. The van der Waals surface area contributed by atoms with E-state index < -0.39 is 5.91 Å². The average molecular weight is 344 g/mol. The van der Waals surface area contributed by atoms with Gasteiger partial charge in [-0.3, -0.25) is 4.79 Å². The first-order valence-corrected chi connectivity index (χ1v) is 8.07. The summed E-state index contributed by atoms with van der Waals surface area (Å²) in [6, 6.07) is 5.89. The minimum absolute atomic E-state index is 0.0450. The monoisotopic (exact) mass is 344 g/mol. The van der Waals surface area contributed by atoms with E-state index in [-0.39, 0.29) is 17.8 Å². The van der Waals surface area contributed by atoms with Gasteiger partial charge in [0, 0.05) is 13.2 Å². The number of ether oxygens (including phenoxy) is 2. The van der Waals surface area contributed by atoms with E-state index in [0.29, 0.717) is 11.6 Å². The number of rotatable bonds is 8. The summed E-state index contributed by atoms with van der Waals surface area (Å²) in [6.07, 6.45) is 4.23. The van der Waals surface area contributed by atoms with Crippen LogP contribution in [-0.4, -0.2) is 35.1 Å². The average Bonchev–Trinajstić information content (AvgIpc) is 2.57. The molecule has 0 aliphatic rings. The van der Waals surface area contributed by atoms with Gasteiger partial charge in [-0.05, 0) is 43.9 Å². The molecule has 4 N–H and O–H groups in total. The smallest absolute Gasteiger partial charge is 0.268 e. The van der Waals surface area contributed by atoms with Crippen molar-refractivity contribution in [3.63, 3.8) is 0 Å². The minimum atomic E-state index is -0.628. The van der Waals surface area contributed by atoms with Crippen LogP contribution in [0.5, 0.6) is 11.6 Å². The summed E-state index contributed by atoms with van der Waals surface area (Å²) < 4.78 is 11.3. The van der Waals surface area contributed by atoms with E-state index in [2.05, 4.69) is 9.97 Å². The second-order valence-corrected chi connectivity index (χ2v) is 6.02. The molecular weight excluding hydrogens is 320 g/mol. The Bertz CT molecular complexity index is 717. The van der Waals surface area contributed by atoms with E-state index in [9.17, 15) is 4.79 Å². The third-order valence-corrected chi connectivity index (χ3v) is 3.91. The highest BCUT2D eigenvalue weighted by atomic mass is 16.5. The van der Waals surface area contributed by atoms with Crippen LogP contribution in [0.25, 0.3) is 0 Å². The lowest BCUT2D eigenvalue weighted by Gasteiger charge is -2.19. The molecule has 0 spiro atoms. The molecule has 134 valence electrons. The molecule has 0 fully saturated rings. The Kier molecular flexibility index (Phi) is 6.44. The molecule has 2 atom stereocenters. The summed E-state index contributed by atoms with van der Waals surface area (Å²) in [7, 11) is 1.69. The summed E-state index contributed by atoms with van der Waals surface area (Å²) >= 11 is 0. The largest absolute Gasteiger partial charge is 0.437 e. The van der Waals surface area contributed by atoms with Crippen molar-refractivity contribution in [2.75, 3.05) is 7.11 Å². The van der Waals surface area contributed by atoms with Crippen molar-refractivity contribution in [1.29, 1.82) is 0 Å². The molecule has 1 aromatic carbocycles. The van der Waals surface area contributed by atoms with Crippen LogP contribution in [0.2, 0.25) is 0 Å². The molecule has 0 bridgehead atoms. The highest BCUT2D eigenvalue weighted by Gasteiger charge is 2.15. The van der Waals surface area contributed by atoms with Gasteiger partial charge >= 0.3 is 0 Å². The predicted octanol–water partition coefficient (Wildman–Crippen LogP) is 1.97. The van der Waals surface area contributed by atoms with Gasteiger partial charge in [-0.25, -0.2) is 9.97 Å². The summed E-state index contributed by atoms with van der Waals surface area (Å²) in [4.78, 5) is 19.0.